The molecule has 3 rings (SSSR count). The number of amides is 1. The molecule has 1 aliphatic rings. The zero-order chi connectivity index (χ0) is 18.5. The van der Waals surface area contributed by atoms with Crippen molar-refractivity contribution in [3.63, 3.8) is 0 Å². The molecule has 0 bridgehead atoms. The van der Waals surface area contributed by atoms with Gasteiger partial charge in [-0.15, -0.1) is 0 Å². The lowest BCUT2D eigenvalue weighted by Crippen LogP contribution is -2.38. The van der Waals surface area contributed by atoms with Crippen molar-refractivity contribution in [1.29, 1.82) is 0 Å². The Bertz CT molecular complexity index is 762. The van der Waals surface area contributed by atoms with Crippen LogP contribution in [0.15, 0.2) is 34.9 Å². The van der Waals surface area contributed by atoms with Crippen LogP contribution in [0, 0.1) is 18.8 Å². The number of aryl methyl sites for hydroxylation is 1. The Morgan fingerprint density at radius 2 is 1.96 bits per heavy atom. The van der Waals surface area contributed by atoms with Gasteiger partial charge in [-0.25, -0.2) is 0 Å². The number of benzene rings is 1. The van der Waals surface area contributed by atoms with Crippen molar-refractivity contribution in [1.82, 2.24) is 10.5 Å². The molecule has 0 radical (unpaired) electrons. The quantitative estimate of drug-likeness (QED) is 0.823. The molecule has 2 heterocycles. The van der Waals surface area contributed by atoms with Crippen molar-refractivity contribution in [2.75, 3.05) is 19.8 Å². The predicted molar refractivity (Wildman–Crippen MR) is 93.7 cm³/mol. The lowest BCUT2D eigenvalue weighted by molar-refractivity contribution is -0.144. The van der Waals surface area contributed by atoms with Gasteiger partial charge in [-0.05, 0) is 25.7 Å². The number of rotatable bonds is 6. The minimum absolute atomic E-state index is 0.000560. The van der Waals surface area contributed by atoms with Crippen molar-refractivity contribution in [2.45, 2.75) is 19.8 Å². The Morgan fingerprint density at radius 3 is 2.62 bits per heavy atom. The maximum Gasteiger partial charge on any atom is 0.308 e. The first-order valence-electron chi connectivity index (χ1n) is 8.67. The van der Waals surface area contributed by atoms with E-state index in [0.717, 1.165) is 11.1 Å². The Hall–Kier alpha value is -2.67. The zero-order valence-electron chi connectivity index (χ0n) is 14.6. The van der Waals surface area contributed by atoms with Gasteiger partial charge in [0, 0.05) is 31.4 Å². The molecule has 1 saturated heterocycles. The molecule has 2 N–H and O–H groups in total. The highest BCUT2D eigenvalue weighted by atomic mass is 16.5. The summed E-state index contributed by atoms with van der Waals surface area (Å²) in [4.78, 5) is 23.8. The first kappa shape index (κ1) is 18.1. The van der Waals surface area contributed by atoms with E-state index < -0.39 is 17.8 Å². The largest absolute Gasteiger partial charge is 0.481 e. The second-order valence-corrected chi connectivity index (χ2v) is 6.55. The van der Waals surface area contributed by atoms with Gasteiger partial charge in [-0.2, -0.15) is 0 Å². The summed E-state index contributed by atoms with van der Waals surface area (Å²) in [7, 11) is 0. The fourth-order valence-corrected chi connectivity index (χ4v) is 3.11. The molecule has 26 heavy (non-hydrogen) atoms. The van der Waals surface area contributed by atoms with E-state index in [0.29, 0.717) is 31.7 Å². The summed E-state index contributed by atoms with van der Waals surface area (Å²) in [5.41, 5.74) is 2.54. The van der Waals surface area contributed by atoms with Crippen LogP contribution in [-0.2, 0) is 9.53 Å². The summed E-state index contributed by atoms with van der Waals surface area (Å²) in [5.74, 6) is -1.94. The van der Waals surface area contributed by atoms with Crippen LogP contribution in [0.25, 0.3) is 11.3 Å². The number of aromatic nitrogens is 1. The number of carbonyl (C=O) groups excluding carboxylic acids is 1. The molecule has 138 valence electrons. The molecule has 0 saturated carbocycles. The highest BCUT2D eigenvalue weighted by molar-refractivity contribution is 5.92. The van der Waals surface area contributed by atoms with E-state index in [1.54, 1.807) is 6.07 Å². The molecule has 2 aromatic rings. The van der Waals surface area contributed by atoms with Crippen molar-refractivity contribution in [3.05, 3.63) is 41.7 Å². The number of carboxylic acids is 1. The number of nitrogens with one attached hydrogen (secondary N) is 1. The number of carboxylic acid groups (broad SMARTS) is 1. The number of aliphatic carboxylic acids is 1. The van der Waals surface area contributed by atoms with Crippen LogP contribution < -0.4 is 5.32 Å². The van der Waals surface area contributed by atoms with Crippen LogP contribution >= 0.6 is 0 Å². The lowest BCUT2D eigenvalue weighted by Gasteiger charge is -2.27. The van der Waals surface area contributed by atoms with Crippen LogP contribution in [0.5, 0.6) is 0 Å². The van der Waals surface area contributed by atoms with Gasteiger partial charge < -0.3 is 19.7 Å². The van der Waals surface area contributed by atoms with Crippen LogP contribution in [-0.4, -0.2) is 41.9 Å². The van der Waals surface area contributed by atoms with Gasteiger partial charge >= 0.3 is 5.97 Å². The van der Waals surface area contributed by atoms with Crippen LogP contribution in [0.3, 0.4) is 0 Å². The molecular formula is C19H22N2O5. The fourth-order valence-electron chi connectivity index (χ4n) is 3.11. The molecule has 7 heteroatoms. The van der Waals surface area contributed by atoms with Crippen molar-refractivity contribution < 1.29 is 24.0 Å². The van der Waals surface area contributed by atoms with Gasteiger partial charge in [0.2, 0.25) is 5.76 Å². The van der Waals surface area contributed by atoms with Crippen LogP contribution in [0.1, 0.15) is 29.0 Å². The van der Waals surface area contributed by atoms with Crippen LogP contribution in [0.2, 0.25) is 0 Å². The van der Waals surface area contributed by atoms with E-state index in [2.05, 4.69) is 10.5 Å². The normalized spacial score (nSPS) is 16.2. The molecule has 1 atom stereocenters. The molecule has 1 aliphatic heterocycles. The number of hydrogen-bond donors (Lipinski definition) is 2. The third kappa shape index (κ3) is 4.29. The Labute approximate surface area is 151 Å². The minimum Gasteiger partial charge on any atom is -0.481 e. The summed E-state index contributed by atoms with van der Waals surface area (Å²) in [6, 6.07) is 9.27. The van der Waals surface area contributed by atoms with Crippen molar-refractivity contribution in [2.24, 2.45) is 11.8 Å². The first-order valence-corrected chi connectivity index (χ1v) is 8.67. The standard InChI is InChI=1S/C19H22N2O5/c1-12-2-4-14(5-3-12)16-10-17(26-21-16)18(22)20-11-15(19(23)24)13-6-8-25-9-7-13/h2-5,10,13,15H,6-9,11H2,1H3,(H,20,22)(H,23,24). The van der Waals surface area contributed by atoms with Gasteiger partial charge in [0.15, 0.2) is 0 Å². The SMILES string of the molecule is Cc1ccc(-c2cc(C(=O)NCC(C(=O)O)C3CCOCC3)on2)cc1. The van der Waals surface area contributed by atoms with E-state index >= 15 is 0 Å². The zero-order valence-corrected chi connectivity index (χ0v) is 14.6. The molecule has 1 aromatic carbocycles. The number of carbonyl (C=O) groups is 2. The van der Waals surface area contributed by atoms with Gasteiger partial charge in [-0.1, -0.05) is 35.0 Å². The molecule has 1 fully saturated rings. The highest BCUT2D eigenvalue weighted by Crippen LogP contribution is 2.24. The molecule has 7 nitrogen and oxygen atoms in total. The molecule has 0 spiro atoms. The second-order valence-electron chi connectivity index (χ2n) is 6.55. The summed E-state index contributed by atoms with van der Waals surface area (Å²) in [6.07, 6.45) is 1.37. The average Bonchev–Trinajstić information content (AvgIpc) is 3.13. The summed E-state index contributed by atoms with van der Waals surface area (Å²) >= 11 is 0. The number of nitrogens with zero attached hydrogens (tertiary/aromatic N) is 1. The van der Waals surface area contributed by atoms with Crippen LogP contribution in [0.4, 0.5) is 0 Å². The van der Waals surface area contributed by atoms with Gasteiger partial charge in [0.1, 0.15) is 5.69 Å². The van der Waals surface area contributed by atoms with E-state index in [9.17, 15) is 14.7 Å². The summed E-state index contributed by atoms with van der Waals surface area (Å²) in [5, 5.41) is 16.0. The van der Waals surface area contributed by atoms with Crippen molar-refractivity contribution >= 4 is 11.9 Å². The Morgan fingerprint density at radius 1 is 1.27 bits per heavy atom. The number of ether oxygens (including phenoxy) is 1. The minimum atomic E-state index is -0.907. The van der Waals surface area contributed by atoms with Gasteiger partial charge in [-0.3, -0.25) is 9.59 Å². The first-order chi connectivity index (χ1) is 12.5. The van der Waals surface area contributed by atoms with E-state index in [-0.39, 0.29) is 18.2 Å². The lowest BCUT2D eigenvalue weighted by atomic mass is 9.86. The maximum atomic E-state index is 12.3. The van der Waals surface area contributed by atoms with Crippen molar-refractivity contribution in [3.8, 4) is 11.3 Å². The Balaban J connectivity index is 1.62. The highest BCUT2D eigenvalue weighted by Gasteiger charge is 2.30. The molecule has 0 aliphatic carbocycles. The smallest absolute Gasteiger partial charge is 0.308 e. The number of hydrogen-bond acceptors (Lipinski definition) is 5. The average molecular weight is 358 g/mol. The predicted octanol–water partition coefficient (Wildman–Crippen LogP) is 2.51. The molecule has 1 amide bonds. The fraction of sp³-hybridized carbons (Fsp3) is 0.421. The van der Waals surface area contributed by atoms with E-state index in [1.165, 1.54) is 0 Å². The second kappa shape index (κ2) is 8.14. The van der Waals surface area contributed by atoms with E-state index in [1.807, 2.05) is 31.2 Å². The third-order valence-electron chi connectivity index (χ3n) is 4.72. The van der Waals surface area contributed by atoms with E-state index in [4.69, 9.17) is 9.26 Å². The Kier molecular flexibility index (Phi) is 5.68. The summed E-state index contributed by atoms with van der Waals surface area (Å²) < 4.78 is 10.4. The van der Waals surface area contributed by atoms with Gasteiger partial charge in [0.05, 0.1) is 5.92 Å². The molecule has 1 unspecified atom stereocenters. The summed E-state index contributed by atoms with van der Waals surface area (Å²) in [6.45, 7) is 3.16. The monoisotopic (exact) mass is 358 g/mol. The molecule has 1 aromatic heterocycles. The maximum absolute atomic E-state index is 12.3. The molecular weight excluding hydrogens is 336 g/mol. The topological polar surface area (TPSA) is 102 Å². The van der Waals surface area contributed by atoms with Gasteiger partial charge in [0.25, 0.3) is 5.91 Å². The third-order valence-corrected chi connectivity index (χ3v) is 4.72.